The Morgan fingerprint density at radius 3 is 1.74 bits per heavy atom. The Morgan fingerprint density at radius 1 is 0.690 bits per heavy atom. The topological polar surface area (TPSA) is 77.1 Å². The second-order valence-corrected chi connectivity index (χ2v) is 10.2. The maximum absolute atomic E-state index is 14.6. The maximum atomic E-state index is 14.6. The molecular formula is C35H38N2O5. The van der Waals surface area contributed by atoms with Gasteiger partial charge in [0.1, 0.15) is 22.8 Å². The fourth-order valence-corrected chi connectivity index (χ4v) is 5.22. The first kappa shape index (κ1) is 30.2. The molecule has 1 N–H and O–H groups in total. The minimum Gasteiger partial charge on any atom is -0.497 e. The van der Waals surface area contributed by atoms with E-state index in [4.69, 9.17) is 14.2 Å². The lowest BCUT2D eigenvalue weighted by atomic mass is 9.81. The molecule has 2 amide bonds. The first-order valence-corrected chi connectivity index (χ1v) is 13.9. The Balaban J connectivity index is 1.79. The average molecular weight is 567 g/mol. The van der Waals surface area contributed by atoms with E-state index in [2.05, 4.69) is 5.32 Å². The largest absolute Gasteiger partial charge is 0.497 e. The average Bonchev–Trinajstić information content (AvgIpc) is 3.03. The van der Waals surface area contributed by atoms with Crippen molar-refractivity contribution in [1.29, 1.82) is 0 Å². The Morgan fingerprint density at radius 2 is 1.24 bits per heavy atom. The predicted molar refractivity (Wildman–Crippen MR) is 164 cm³/mol. The van der Waals surface area contributed by atoms with E-state index < -0.39 is 5.54 Å². The van der Waals surface area contributed by atoms with Crippen molar-refractivity contribution in [2.75, 3.05) is 21.3 Å². The van der Waals surface area contributed by atoms with Crippen molar-refractivity contribution in [3.63, 3.8) is 0 Å². The minimum atomic E-state index is -1.24. The van der Waals surface area contributed by atoms with E-state index in [-0.39, 0.29) is 24.9 Å². The Labute approximate surface area is 248 Å². The minimum absolute atomic E-state index is 0.199. The van der Waals surface area contributed by atoms with Gasteiger partial charge in [-0.3, -0.25) is 9.59 Å². The van der Waals surface area contributed by atoms with E-state index in [1.807, 2.05) is 97.1 Å². The third-order valence-corrected chi connectivity index (χ3v) is 7.43. The zero-order chi connectivity index (χ0) is 30.0. The Kier molecular flexibility index (Phi) is 10.2. The van der Waals surface area contributed by atoms with Gasteiger partial charge in [-0.15, -0.1) is 0 Å². The van der Waals surface area contributed by atoms with Crippen LogP contribution >= 0.6 is 0 Å². The molecule has 218 valence electrons. The highest BCUT2D eigenvalue weighted by Gasteiger charge is 2.45. The van der Waals surface area contributed by atoms with Crippen LogP contribution in [0.5, 0.6) is 17.2 Å². The van der Waals surface area contributed by atoms with Gasteiger partial charge in [0, 0.05) is 44.5 Å². The molecule has 7 heteroatoms. The smallest absolute Gasteiger partial charge is 0.246 e. The van der Waals surface area contributed by atoms with Gasteiger partial charge in [0.25, 0.3) is 0 Å². The summed E-state index contributed by atoms with van der Waals surface area (Å²) < 4.78 is 16.2. The summed E-state index contributed by atoms with van der Waals surface area (Å²) in [6, 6.07) is 32.7. The maximum Gasteiger partial charge on any atom is 0.246 e. The van der Waals surface area contributed by atoms with Crippen LogP contribution in [0.4, 0.5) is 0 Å². The van der Waals surface area contributed by atoms with Gasteiger partial charge < -0.3 is 24.4 Å². The molecule has 4 aromatic carbocycles. The van der Waals surface area contributed by atoms with E-state index in [1.54, 1.807) is 32.3 Å². The number of nitrogens with zero attached hydrogens (tertiary/aromatic N) is 1. The van der Waals surface area contributed by atoms with Gasteiger partial charge in [-0.25, -0.2) is 0 Å². The van der Waals surface area contributed by atoms with E-state index in [9.17, 15) is 9.59 Å². The van der Waals surface area contributed by atoms with Crippen LogP contribution in [0.15, 0.2) is 103 Å². The summed E-state index contributed by atoms with van der Waals surface area (Å²) in [7, 11) is 4.79. The molecule has 0 aliphatic carbocycles. The molecule has 0 aliphatic heterocycles. The van der Waals surface area contributed by atoms with E-state index in [1.165, 1.54) is 6.92 Å². The molecule has 0 bridgehead atoms. The van der Waals surface area contributed by atoms with Crippen molar-refractivity contribution >= 4 is 11.8 Å². The summed E-state index contributed by atoms with van der Waals surface area (Å²) >= 11 is 0. The molecule has 4 rings (SSSR count). The van der Waals surface area contributed by atoms with Crippen molar-refractivity contribution in [2.45, 2.75) is 38.4 Å². The van der Waals surface area contributed by atoms with Crippen LogP contribution in [0.2, 0.25) is 0 Å². The van der Waals surface area contributed by atoms with E-state index in [0.717, 1.165) is 28.0 Å². The van der Waals surface area contributed by atoms with Crippen LogP contribution in [0, 0.1) is 0 Å². The fraction of sp³-hybridized carbons (Fsp3) is 0.257. The molecule has 7 nitrogen and oxygen atoms in total. The zero-order valence-electron chi connectivity index (χ0n) is 24.6. The summed E-state index contributed by atoms with van der Waals surface area (Å²) in [5.74, 6) is 1.53. The molecule has 0 heterocycles. The monoisotopic (exact) mass is 566 g/mol. The molecular weight excluding hydrogens is 528 g/mol. The lowest BCUT2D eigenvalue weighted by Gasteiger charge is -2.43. The molecule has 0 spiro atoms. The normalized spacial score (nSPS) is 11.0. The molecule has 0 saturated heterocycles. The van der Waals surface area contributed by atoms with E-state index >= 15 is 0 Å². The van der Waals surface area contributed by atoms with Crippen molar-refractivity contribution < 1.29 is 23.8 Å². The first-order valence-electron chi connectivity index (χ1n) is 13.9. The zero-order valence-corrected chi connectivity index (χ0v) is 24.6. The number of ether oxygens (including phenoxy) is 3. The molecule has 0 saturated carbocycles. The number of hydrogen-bond acceptors (Lipinski definition) is 5. The summed E-state index contributed by atoms with van der Waals surface area (Å²) in [5, 5.41) is 3.16. The quantitative estimate of drug-likeness (QED) is 0.228. The van der Waals surface area contributed by atoms with Crippen LogP contribution in [-0.2, 0) is 35.5 Å². The van der Waals surface area contributed by atoms with Gasteiger partial charge in [0.2, 0.25) is 11.8 Å². The SMILES string of the molecule is COc1ccc(CN(C(C)=O)C(Cc2ccccc2)(Cc2ccccc2)C(=O)NCc2ccc(OC)cc2OC)cc1. The van der Waals surface area contributed by atoms with Crippen molar-refractivity contribution in [3.05, 3.63) is 125 Å². The van der Waals surface area contributed by atoms with Crippen LogP contribution < -0.4 is 19.5 Å². The van der Waals surface area contributed by atoms with Crippen molar-refractivity contribution in [1.82, 2.24) is 10.2 Å². The van der Waals surface area contributed by atoms with Crippen LogP contribution in [-0.4, -0.2) is 43.6 Å². The van der Waals surface area contributed by atoms with Gasteiger partial charge >= 0.3 is 0 Å². The highest BCUT2D eigenvalue weighted by atomic mass is 16.5. The number of benzene rings is 4. The number of amides is 2. The molecule has 0 aliphatic rings. The molecule has 4 aromatic rings. The Bertz CT molecular complexity index is 1410. The molecule has 0 unspecified atom stereocenters. The van der Waals surface area contributed by atoms with Gasteiger partial charge in [0.05, 0.1) is 21.3 Å². The highest BCUT2D eigenvalue weighted by molar-refractivity contribution is 5.91. The van der Waals surface area contributed by atoms with Crippen LogP contribution in [0.3, 0.4) is 0 Å². The lowest BCUT2D eigenvalue weighted by molar-refractivity contribution is -0.147. The summed E-state index contributed by atoms with van der Waals surface area (Å²) in [5.41, 5.74) is 2.34. The summed E-state index contributed by atoms with van der Waals surface area (Å²) in [4.78, 5) is 29.9. The second-order valence-electron chi connectivity index (χ2n) is 10.2. The number of nitrogens with one attached hydrogen (secondary N) is 1. The Hall–Kier alpha value is -4.78. The summed E-state index contributed by atoms with van der Waals surface area (Å²) in [6.07, 6.45) is 0.647. The van der Waals surface area contributed by atoms with Crippen molar-refractivity contribution in [2.24, 2.45) is 0 Å². The molecule has 42 heavy (non-hydrogen) atoms. The van der Waals surface area contributed by atoms with Gasteiger partial charge in [-0.05, 0) is 41.0 Å². The number of hydrogen-bond donors (Lipinski definition) is 1. The highest BCUT2D eigenvalue weighted by Crippen LogP contribution is 2.31. The van der Waals surface area contributed by atoms with Gasteiger partial charge in [0.15, 0.2) is 0 Å². The van der Waals surface area contributed by atoms with Gasteiger partial charge in [-0.2, -0.15) is 0 Å². The third-order valence-electron chi connectivity index (χ3n) is 7.43. The molecule has 0 fully saturated rings. The number of carbonyl (C=O) groups is 2. The second kappa shape index (κ2) is 14.2. The number of methoxy groups -OCH3 is 3. The molecule has 0 radical (unpaired) electrons. The molecule has 0 aromatic heterocycles. The summed E-state index contributed by atoms with van der Waals surface area (Å²) in [6.45, 7) is 1.98. The van der Waals surface area contributed by atoms with E-state index in [0.29, 0.717) is 24.3 Å². The van der Waals surface area contributed by atoms with Crippen LogP contribution in [0.25, 0.3) is 0 Å². The third kappa shape index (κ3) is 7.29. The molecule has 0 atom stereocenters. The fourth-order valence-electron chi connectivity index (χ4n) is 5.22. The number of carbonyl (C=O) groups excluding carboxylic acids is 2. The van der Waals surface area contributed by atoms with Crippen LogP contribution in [0.1, 0.15) is 29.2 Å². The lowest BCUT2D eigenvalue weighted by Crippen LogP contribution is -2.62. The standard InChI is InChI=1S/C35H38N2O5/c1-26(38)37(25-29-15-18-31(40-2)19-16-29)35(22-27-11-7-5-8-12-27,23-28-13-9-6-10-14-28)34(39)36-24-30-17-20-32(41-3)21-33(30)42-4/h5-21H,22-25H2,1-4H3,(H,36,39). The van der Waals surface area contributed by atoms with Gasteiger partial charge in [-0.1, -0.05) is 72.8 Å². The van der Waals surface area contributed by atoms with Crippen molar-refractivity contribution in [3.8, 4) is 17.2 Å². The number of rotatable bonds is 13. The first-order chi connectivity index (χ1) is 20.4. The predicted octanol–water partition coefficient (Wildman–Crippen LogP) is 5.60.